The van der Waals surface area contributed by atoms with Crippen molar-refractivity contribution in [3.05, 3.63) is 33.4 Å². The fourth-order valence-corrected chi connectivity index (χ4v) is 1.47. The minimum atomic E-state index is -0.174. The monoisotopic (exact) mass is 181 g/mol. The number of nitroso groups, excluding NO2 is 1. The van der Waals surface area contributed by atoms with Crippen molar-refractivity contribution in [3.8, 4) is 0 Å². The van der Waals surface area contributed by atoms with Crippen LogP contribution in [0.3, 0.4) is 0 Å². The Bertz CT molecular complexity index is 254. The van der Waals surface area contributed by atoms with E-state index in [2.05, 4.69) is 5.18 Å². The van der Waals surface area contributed by atoms with E-state index in [0.717, 1.165) is 11.3 Å². The summed E-state index contributed by atoms with van der Waals surface area (Å²) in [5.74, 6) is 0. The average Bonchev–Trinajstić information content (AvgIpc) is 2.59. The van der Waals surface area contributed by atoms with Crippen molar-refractivity contribution in [3.63, 3.8) is 0 Å². The summed E-state index contributed by atoms with van der Waals surface area (Å²) in [7, 11) is 0. The Hall–Kier alpha value is -0.960. The van der Waals surface area contributed by atoms with Crippen LogP contribution in [0.25, 0.3) is 6.08 Å². The smallest absolute Gasteiger partial charge is 0.110 e. The quantitative estimate of drug-likeness (QED) is 0.655. The maximum absolute atomic E-state index is 10.2. The Balaban J connectivity index is 2.54. The second-order valence-corrected chi connectivity index (χ2v) is 3.43. The predicted octanol–water partition coefficient (Wildman–Crippen LogP) is 3.31. The molecule has 0 N–H and O–H groups in total. The van der Waals surface area contributed by atoms with Crippen LogP contribution in [-0.2, 0) is 0 Å². The third-order valence-corrected chi connectivity index (χ3v) is 2.42. The van der Waals surface area contributed by atoms with Crippen LogP contribution in [0.5, 0.6) is 0 Å². The van der Waals surface area contributed by atoms with E-state index in [1.807, 2.05) is 36.6 Å². The van der Waals surface area contributed by atoms with Gasteiger partial charge in [0.2, 0.25) is 0 Å². The van der Waals surface area contributed by atoms with Gasteiger partial charge in [0.1, 0.15) is 6.04 Å². The number of nitrogens with zero attached hydrogens (tertiary/aromatic N) is 1. The van der Waals surface area contributed by atoms with E-state index in [1.165, 1.54) is 0 Å². The van der Waals surface area contributed by atoms with E-state index in [1.54, 1.807) is 11.3 Å². The third-order valence-electron chi connectivity index (χ3n) is 1.58. The molecule has 64 valence electrons. The summed E-state index contributed by atoms with van der Waals surface area (Å²) in [6, 6.07) is 3.82. The molecule has 0 fully saturated rings. The van der Waals surface area contributed by atoms with Crippen molar-refractivity contribution < 1.29 is 0 Å². The van der Waals surface area contributed by atoms with Gasteiger partial charge >= 0.3 is 0 Å². The fraction of sp³-hybridized carbons (Fsp3) is 0.333. The number of rotatable bonds is 4. The standard InChI is InChI=1S/C9H11NOS/c1-2-8(10-11)5-6-9-4-3-7-12-9/h3-8H,2H2,1H3. The molecule has 12 heavy (non-hydrogen) atoms. The van der Waals surface area contributed by atoms with E-state index in [0.29, 0.717) is 0 Å². The molecule has 1 rings (SSSR count). The van der Waals surface area contributed by atoms with Gasteiger partial charge in [-0.25, -0.2) is 0 Å². The topological polar surface area (TPSA) is 29.4 Å². The molecule has 1 atom stereocenters. The highest BCUT2D eigenvalue weighted by Crippen LogP contribution is 2.11. The molecule has 1 heterocycles. The molecule has 0 aliphatic rings. The largest absolute Gasteiger partial charge is 0.150 e. The van der Waals surface area contributed by atoms with Gasteiger partial charge in [-0.3, -0.25) is 0 Å². The maximum Gasteiger partial charge on any atom is 0.110 e. The number of thiophene rings is 1. The SMILES string of the molecule is CCC(C=Cc1cccs1)N=O. The third kappa shape index (κ3) is 2.58. The van der Waals surface area contributed by atoms with Crippen LogP contribution < -0.4 is 0 Å². The van der Waals surface area contributed by atoms with Crippen molar-refractivity contribution in [1.82, 2.24) is 0 Å². The molecule has 3 heteroatoms. The Labute approximate surface area is 75.9 Å². The Morgan fingerprint density at radius 1 is 1.75 bits per heavy atom. The molecule has 0 saturated heterocycles. The normalized spacial score (nSPS) is 13.4. The summed E-state index contributed by atoms with van der Waals surface area (Å²) in [5.41, 5.74) is 0. The van der Waals surface area contributed by atoms with E-state index in [-0.39, 0.29) is 6.04 Å². The second kappa shape index (κ2) is 4.83. The molecule has 0 aliphatic carbocycles. The molecule has 1 aromatic rings. The summed E-state index contributed by atoms with van der Waals surface area (Å²) < 4.78 is 0. The average molecular weight is 181 g/mol. The Kier molecular flexibility index (Phi) is 3.67. The highest BCUT2D eigenvalue weighted by molar-refractivity contribution is 7.10. The molecule has 0 amide bonds. The zero-order valence-electron chi connectivity index (χ0n) is 6.93. The van der Waals surface area contributed by atoms with Crippen LogP contribution in [0, 0.1) is 4.91 Å². The van der Waals surface area contributed by atoms with Gasteiger partial charge in [-0.2, -0.15) is 4.91 Å². The Morgan fingerprint density at radius 3 is 3.08 bits per heavy atom. The molecule has 0 aliphatic heterocycles. The van der Waals surface area contributed by atoms with Crippen molar-refractivity contribution >= 4 is 17.4 Å². The van der Waals surface area contributed by atoms with Crippen molar-refractivity contribution in [1.29, 1.82) is 0 Å². The summed E-state index contributed by atoms with van der Waals surface area (Å²) in [4.78, 5) is 11.4. The second-order valence-electron chi connectivity index (χ2n) is 2.46. The van der Waals surface area contributed by atoms with Gasteiger partial charge in [-0.1, -0.05) is 24.2 Å². The molecular weight excluding hydrogens is 170 g/mol. The minimum absolute atomic E-state index is 0.174. The van der Waals surface area contributed by atoms with Gasteiger partial charge in [0.25, 0.3) is 0 Å². The highest BCUT2D eigenvalue weighted by atomic mass is 32.1. The molecule has 0 saturated carbocycles. The summed E-state index contributed by atoms with van der Waals surface area (Å²) in [6.45, 7) is 1.95. The van der Waals surface area contributed by atoms with Crippen LogP contribution in [0.15, 0.2) is 28.8 Å². The van der Waals surface area contributed by atoms with Crippen LogP contribution in [0.4, 0.5) is 0 Å². The molecule has 2 nitrogen and oxygen atoms in total. The van der Waals surface area contributed by atoms with Crippen molar-refractivity contribution in [2.75, 3.05) is 0 Å². The molecule has 1 unspecified atom stereocenters. The van der Waals surface area contributed by atoms with E-state index >= 15 is 0 Å². The lowest BCUT2D eigenvalue weighted by atomic mass is 10.2. The molecule has 0 aromatic carbocycles. The molecule has 0 spiro atoms. The van der Waals surface area contributed by atoms with Gasteiger partial charge < -0.3 is 0 Å². The minimum Gasteiger partial charge on any atom is -0.150 e. The van der Waals surface area contributed by atoms with Crippen LogP contribution >= 0.6 is 11.3 Å². The van der Waals surface area contributed by atoms with Crippen molar-refractivity contribution in [2.45, 2.75) is 19.4 Å². The molecular formula is C9H11NOS. The van der Waals surface area contributed by atoms with Crippen molar-refractivity contribution in [2.24, 2.45) is 5.18 Å². The van der Waals surface area contributed by atoms with E-state index in [9.17, 15) is 4.91 Å². The van der Waals surface area contributed by atoms with Crippen LogP contribution in [-0.4, -0.2) is 6.04 Å². The molecule has 0 bridgehead atoms. The lowest BCUT2D eigenvalue weighted by molar-refractivity contribution is 0.781. The van der Waals surface area contributed by atoms with Gasteiger partial charge in [-0.05, 0) is 23.9 Å². The van der Waals surface area contributed by atoms with Gasteiger partial charge in [0.05, 0.1) is 0 Å². The van der Waals surface area contributed by atoms with Crippen LogP contribution in [0.2, 0.25) is 0 Å². The Morgan fingerprint density at radius 2 is 2.58 bits per heavy atom. The first-order valence-electron chi connectivity index (χ1n) is 3.91. The fourth-order valence-electron chi connectivity index (χ4n) is 0.838. The lowest BCUT2D eigenvalue weighted by Crippen LogP contribution is -1.93. The first-order valence-corrected chi connectivity index (χ1v) is 4.79. The van der Waals surface area contributed by atoms with Gasteiger partial charge in [-0.15, -0.1) is 11.3 Å². The number of hydrogen-bond acceptors (Lipinski definition) is 3. The van der Waals surface area contributed by atoms with E-state index < -0.39 is 0 Å². The lowest BCUT2D eigenvalue weighted by Gasteiger charge is -1.94. The summed E-state index contributed by atoms with van der Waals surface area (Å²) >= 11 is 1.66. The molecule has 1 aromatic heterocycles. The van der Waals surface area contributed by atoms with Gasteiger partial charge in [0.15, 0.2) is 0 Å². The highest BCUT2D eigenvalue weighted by Gasteiger charge is 1.98. The number of hydrogen-bond donors (Lipinski definition) is 0. The summed E-state index contributed by atoms with van der Waals surface area (Å²) in [6.07, 6.45) is 4.56. The van der Waals surface area contributed by atoms with E-state index in [4.69, 9.17) is 0 Å². The zero-order valence-corrected chi connectivity index (χ0v) is 7.75. The molecule has 0 radical (unpaired) electrons. The first kappa shape index (κ1) is 9.13. The van der Waals surface area contributed by atoms with Gasteiger partial charge in [0, 0.05) is 4.88 Å². The summed E-state index contributed by atoms with van der Waals surface area (Å²) in [5, 5.41) is 4.98. The zero-order chi connectivity index (χ0) is 8.81. The predicted molar refractivity (Wildman–Crippen MR) is 53.2 cm³/mol. The first-order chi connectivity index (χ1) is 5.86. The maximum atomic E-state index is 10.2. The van der Waals surface area contributed by atoms with Crippen LogP contribution in [0.1, 0.15) is 18.2 Å².